The van der Waals surface area contributed by atoms with E-state index in [0.717, 1.165) is 0 Å². The molecule has 0 aliphatic heterocycles. The van der Waals surface area contributed by atoms with Gasteiger partial charge in [0.2, 0.25) is 0 Å². The molecule has 0 rings (SSSR count). The minimum Gasteiger partial charge on any atom is -2.00 e. The second kappa shape index (κ2) is 22.9. The summed E-state index contributed by atoms with van der Waals surface area (Å²) in [6.45, 7) is 0. The molecule has 0 bridgehead atoms. The Bertz CT molecular complexity index is 6.00. The van der Waals surface area contributed by atoms with Gasteiger partial charge >= 0.3 is 52.7 Å². The average molecular weight is 227 g/mol. The Hall–Kier alpha value is 1.63. The molecule has 0 atom stereocenters. The second-order valence-electron chi connectivity index (χ2n) is 0. The topological polar surface area (TPSA) is 57.0 Å². The molecule has 0 aromatic rings. The van der Waals surface area contributed by atoms with Crippen molar-refractivity contribution in [2.45, 2.75) is 0 Å². The van der Waals surface area contributed by atoms with E-state index in [1.165, 1.54) is 0 Å². The summed E-state index contributed by atoms with van der Waals surface area (Å²) in [5, 5.41) is 0. The molecule has 0 aromatic heterocycles. The van der Waals surface area contributed by atoms with Crippen molar-refractivity contribution in [1.29, 1.82) is 0 Å². The Kier molecular flexibility index (Phi) is 260. The zero-order chi connectivity index (χ0) is 0. The fourth-order valence-electron chi connectivity index (χ4n) is 0. The molecule has 0 unspecified atom stereocenters. The number of hydrogen-bond donors (Lipinski definition) is 0. The third kappa shape index (κ3) is 9.44. The van der Waals surface area contributed by atoms with E-state index < -0.39 is 0 Å². The van der Waals surface area contributed by atoms with Gasteiger partial charge in [-0.25, -0.2) is 0 Å². The van der Waals surface area contributed by atoms with E-state index in [9.17, 15) is 0 Å². The van der Waals surface area contributed by atoms with Crippen LogP contribution >= 0.6 is 0 Å². The van der Waals surface area contributed by atoms with E-state index in [1.54, 1.807) is 0 Å². The first-order valence-corrected chi connectivity index (χ1v) is 0. The summed E-state index contributed by atoms with van der Waals surface area (Å²) in [5.41, 5.74) is 0. The molecule has 0 aliphatic carbocycles. The fraction of sp³-hybridized carbons (Fsp3) is 0. The Morgan fingerprint density at radius 2 is 0.750 bits per heavy atom. The van der Waals surface area contributed by atoms with Gasteiger partial charge in [-0.2, -0.15) is 0 Å². The van der Waals surface area contributed by atoms with Crippen molar-refractivity contribution in [1.82, 2.24) is 0 Å². The van der Waals surface area contributed by atoms with Gasteiger partial charge in [-0.05, 0) is 0 Å². The van der Waals surface area contributed by atoms with E-state index in [0.29, 0.717) is 0 Å². The largest absolute Gasteiger partial charge is 3.00 e. The van der Waals surface area contributed by atoms with E-state index in [2.05, 4.69) is 0 Å². The molecule has 0 aromatic carbocycles. The van der Waals surface area contributed by atoms with Crippen LogP contribution in [0.2, 0.25) is 0 Å². The van der Waals surface area contributed by atoms with Gasteiger partial charge in [0.1, 0.15) is 0 Å². The summed E-state index contributed by atoms with van der Waals surface area (Å²) < 4.78 is 0. The predicted molar refractivity (Wildman–Crippen MR) is 1.37 cm³/mol. The van der Waals surface area contributed by atoms with Crippen molar-refractivity contribution < 1.29 is 63.6 Å². The van der Waals surface area contributed by atoms with Gasteiger partial charge in [0.15, 0.2) is 0 Å². The van der Waals surface area contributed by atoms with Crippen LogP contribution in [0.25, 0.3) is 0 Å². The van der Waals surface area contributed by atoms with Crippen molar-refractivity contribution in [2.24, 2.45) is 0 Å². The molecule has 22 valence electrons. The molecule has 0 radical (unpaired) electrons. The minimum absolute atomic E-state index is 0. The smallest absolute Gasteiger partial charge is 2.00 e. The third-order valence-corrected chi connectivity index (χ3v) is 0. The maximum Gasteiger partial charge on any atom is 3.00 e. The quantitative estimate of drug-likeness (QED) is 0.512. The van der Waals surface area contributed by atoms with Gasteiger partial charge in [0.25, 0.3) is 0 Å². The summed E-state index contributed by atoms with van der Waals surface area (Å²) in [5.74, 6) is 0. The molecular formula is FeLaO2+. The van der Waals surface area contributed by atoms with Crippen LogP contribution in [0.1, 0.15) is 0 Å². The molecule has 0 heterocycles. The minimum atomic E-state index is 0. The Morgan fingerprint density at radius 3 is 0.750 bits per heavy atom. The first-order chi connectivity index (χ1) is 0. The summed E-state index contributed by atoms with van der Waals surface area (Å²) in [6, 6.07) is 0. The fourth-order valence-corrected chi connectivity index (χ4v) is 0. The monoisotopic (exact) mass is 227 g/mol. The Balaban J connectivity index is 0. The van der Waals surface area contributed by atoms with E-state index in [4.69, 9.17) is 0 Å². The van der Waals surface area contributed by atoms with Gasteiger partial charge in [-0.1, -0.05) is 0 Å². The second-order valence-corrected chi connectivity index (χ2v) is 0. The summed E-state index contributed by atoms with van der Waals surface area (Å²) >= 11 is 0. The third-order valence-electron chi connectivity index (χ3n) is 0. The zero-order valence-corrected chi connectivity index (χ0v) is 6.48. The first kappa shape index (κ1) is 45.3. The number of rotatable bonds is 0. The molecule has 0 saturated heterocycles. The molecular weight excluding hydrogens is 227 g/mol. The van der Waals surface area contributed by atoms with E-state index in [-0.39, 0.29) is 63.6 Å². The number of hydrogen-bond acceptors (Lipinski definition) is 0. The van der Waals surface area contributed by atoms with Crippen LogP contribution in [0, 0.1) is 35.6 Å². The molecule has 2 nitrogen and oxygen atoms in total. The van der Waals surface area contributed by atoms with Crippen LogP contribution in [-0.2, 0) is 28.0 Å². The Morgan fingerprint density at radius 1 is 0.750 bits per heavy atom. The molecule has 0 fully saturated rings. The first-order valence-electron chi connectivity index (χ1n) is 0. The van der Waals surface area contributed by atoms with Gasteiger partial charge in [0, 0.05) is 0 Å². The standard InChI is InChI=1S/Fe.La.2O/q+2;+3;2*-2. The molecule has 0 N–H and O–H groups in total. The normalized spacial score (nSPS) is 0. The van der Waals surface area contributed by atoms with Crippen molar-refractivity contribution in [3.63, 3.8) is 0 Å². The maximum absolute atomic E-state index is 0. The molecule has 0 amide bonds. The van der Waals surface area contributed by atoms with Crippen molar-refractivity contribution in [3.8, 4) is 0 Å². The summed E-state index contributed by atoms with van der Waals surface area (Å²) in [7, 11) is 0. The Labute approximate surface area is 63.0 Å². The van der Waals surface area contributed by atoms with E-state index in [1.807, 2.05) is 0 Å². The van der Waals surface area contributed by atoms with Crippen LogP contribution in [0.5, 0.6) is 0 Å². The van der Waals surface area contributed by atoms with Crippen LogP contribution < -0.4 is 0 Å². The van der Waals surface area contributed by atoms with Crippen LogP contribution in [-0.4, -0.2) is 0 Å². The van der Waals surface area contributed by atoms with Gasteiger partial charge in [-0.15, -0.1) is 0 Å². The van der Waals surface area contributed by atoms with Crippen molar-refractivity contribution in [3.05, 3.63) is 0 Å². The molecule has 4 heavy (non-hydrogen) atoms. The van der Waals surface area contributed by atoms with E-state index >= 15 is 0 Å². The van der Waals surface area contributed by atoms with Crippen LogP contribution in [0.15, 0.2) is 0 Å². The van der Waals surface area contributed by atoms with Crippen LogP contribution in [0.4, 0.5) is 0 Å². The molecule has 0 aliphatic rings. The average Bonchev–Trinajstić information content (AvgIpc) is 0. The van der Waals surface area contributed by atoms with Gasteiger partial charge in [-0.3, -0.25) is 0 Å². The van der Waals surface area contributed by atoms with Crippen molar-refractivity contribution in [2.75, 3.05) is 0 Å². The molecule has 0 saturated carbocycles. The summed E-state index contributed by atoms with van der Waals surface area (Å²) in [6.07, 6.45) is 0. The SMILES string of the molecule is [Fe+2].[La+3].[O-2].[O-2]. The molecule has 0 spiro atoms. The summed E-state index contributed by atoms with van der Waals surface area (Å²) in [4.78, 5) is 0. The maximum atomic E-state index is 0. The zero-order valence-electron chi connectivity index (χ0n) is 1.75. The van der Waals surface area contributed by atoms with Crippen LogP contribution in [0.3, 0.4) is 0 Å². The van der Waals surface area contributed by atoms with Crippen molar-refractivity contribution >= 4 is 0 Å². The van der Waals surface area contributed by atoms with Gasteiger partial charge < -0.3 is 11.0 Å². The van der Waals surface area contributed by atoms with Gasteiger partial charge in [0.05, 0.1) is 0 Å². The predicted octanol–water partition coefficient (Wildman–Crippen LogP) is -0.240. The molecule has 4 heteroatoms.